The first-order valence-electron chi connectivity index (χ1n) is 7.53. The Morgan fingerprint density at radius 3 is 2.62 bits per heavy atom. The topological polar surface area (TPSA) is 70.5 Å². The fourth-order valence-electron chi connectivity index (χ4n) is 2.27. The van der Waals surface area contributed by atoms with Crippen LogP contribution in [-0.2, 0) is 11.3 Å². The molecule has 6 heteroatoms. The lowest BCUT2D eigenvalue weighted by Gasteiger charge is -2.25. The summed E-state index contributed by atoms with van der Waals surface area (Å²) in [6, 6.07) is 9.45. The predicted molar refractivity (Wildman–Crippen MR) is 92.6 cm³/mol. The average Bonchev–Trinajstić information content (AvgIpc) is 3.07. The van der Waals surface area contributed by atoms with Gasteiger partial charge in [-0.05, 0) is 17.9 Å². The second kappa shape index (κ2) is 8.27. The summed E-state index contributed by atoms with van der Waals surface area (Å²) < 4.78 is 0. The summed E-state index contributed by atoms with van der Waals surface area (Å²) in [7, 11) is 0. The number of carbonyl (C=O) groups is 2. The number of thiazole rings is 1. The summed E-state index contributed by atoms with van der Waals surface area (Å²) in [5.74, 6) is 0.562. The van der Waals surface area contributed by atoms with Gasteiger partial charge in [0.2, 0.25) is 0 Å². The number of amides is 1. The molecule has 24 heavy (non-hydrogen) atoms. The highest BCUT2D eigenvalue weighted by molar-refractivity contribution is 7.10. The van der Waals surface area contributed by atoms with E-state index >= 15 is 0 Å². The van der Waals surface area contributed by atoms with Gasteiger partial charge in [0, 0.05) is 18.5 Å². The van der Waals surface area contributed by atoms with Gasteiger partial charge >= 0.3 is 5.97 Å². The first kappa shape index (κ1) is 17.7. The van der Waals surface area contributed by atoms with Crippen LogP contribution in [0.15, 0.2) is 35.7 Å². The smallest absolute Gasteiger partial charge is 0.308 e. The number of hydrogen-bond acceptors (Lipinski definition) is 4. The predicted octanol–water partition coefficient (Wildman–Crippen LogP) is 2.88. The van der Waals surface area contributed by atoms with Crippen LogP contribution in [0, 0.1) is 18.3 Å². The molecule has 5 nitrogen and oxygen atoms in total. The number of benzene rings is 1. The molecule has 124 valence electrons. The number of nitrogens with zero attached hydrogens (tertiary/aromatic N) is 2. The minimum absolute atomic E-state index is 0.127. The van der Waals surface area contributed by atoms with E-state index in [2.05, 4.69) is 10.9 Å². The third kappa shape index (κ3) is 4.43. The van der Waals surface area contributed by atoms with E-state index in [1.54, 1.807) is 12.3 Å². The van der Waals surface area contributed by atoms with Crippen LogP contribution in [0.4, 0.5) is 0 Å². The molecule has 1 aromatic heterocycles. The summed E-state index contributed by atoms with van der Waals surface area (Å²) in [4.78, 5) is 29.7. The molecule has 0 fully saturated rings. The Hall–Kier alpha value is -2.65. The Morgan fingerprint density at radius 2 is 2.08 bits per heavy atom. The van der Waals surface area contributed by atoms with Crippen molar-refractivity contribution in [1.29, 1.82) is 0 Å². The molecule has 0 bridgehead atoms. The molecule has 1 amide bonds. The third-order valence-electron chi connectivity index (χ3n) is 3.63. The minimum atomic E-state index is -0.911. The summed E-state index contributed by atoms with van der Waals surface area (Å²) in [5.41, 5.74) is 1.18. The van der Waals surface area contributed by atoms with Crippen LogP contribution in [0.3, 0.4) is 0 Å². The van der Waals surface area contributed by atoms with Crippen molar-refractivity contribution in [3.05, 3.63) is 52.0 Å². The van der Waals surface area contributed by atoms with Gasteiger partial charge in [-0.1, -0.05) is 37.3 Å². The fourth-order valence-corrected chi connectivity index (χ4v) is 2.87. The van der Waals surface area contributed by atoms with Crippen molar-refractivity contribution in [2.45, 2.75) is 19.9 Å². The van der Waals surface area contributed by atoms with E-state index in [1.807, 2.05) is 30.3 Å². The van der Waals surface area contributed by atoms with Crippen molar-refractivity contribution in [3.63, 3.8) is 0 Å². The van der Waals surface area contributed by atoms with E-state index < -0.39 is 11.9 Å². The zero-order chi connectivity index (χ0) is 17.5. The summed E-state index contributed by atoms with van der Waals surface area (Å²) in [6.45, 7) is 2.25. The average molecular weight is 342 g/mol. The van der Waals surface area contributed by atoms with Gasteiger partial charge in [-0.25, -0.2) is 4.98 Å². The molecule has 1 unspecified atom stereocenters. The molecule has 0 aliphatic rings. The molecule has 2 aromatic rings. The summed E-state index contributed by atoms with van der Waals surface area (Å²) >= 11 is 1.22. The number of rotatable bonds is 7. The first-order chi connectivity index (χ1) is 11.5. The quantitative estimate of drug-likeness (QED) is 0.786. The van der Waals surface area contributed by atoms with Gasteiger partial charge < -0.3 is 10.0 Å². The van der Waals surface area contributed by atoms with Gasteiger partial charge in [-0.2, -0.15) is 0 Å². The van der Waals surface area contributed by atoms with Crippen LogP contribution in [0.2, 0.25) is 0 Å². The van der Waals surface area contributed by atoms with Crippen LogP contribution in [0.25, 0.3) is 0 Å². The second-order valence-corrected chi connectivity index (χ2v) is 6.16. The van der Waals surface area contributed by atoms with Crippen molar-refractivity contribution in [1.82, 2.24) is 9.88 Å². The van der Waals surface area contributed by atoms with Gasteiger partial charge in [0.1, 0.15) is 5.69 Å². The number of carboxylic acids is 1. The normalized spacial score (nSPS) is 11.5. The third-order valence-corrected chi connectivity index (χ3v) is 4.41. The zero-order valence-corrected chi connectivity index (χ0v) is 14.1. The molecule has 1 atom stereocenters. The lowest BCUT2D eigenvalue weighted by Crippen LogP contribution is -2.37. The van der Waals surface area contributed by atoms with Gasteiger partial charge in [-0.3, -0.25) is 9.59 Å². The first-order valence-corrected chi connectivity index (χ1v) is 8.41. The van der Waals surface area contributed by atoms with Gasteiger partial charge in [0.25, 0.3) is 5.91 Å². The van der Waals surface area contributed by atoms with Gasteiger partial charge in [-0.15, -0.1) is 17.8 Å². The van der Waals surface area contributed by atoms with E-state index in [0.717, 1.165) is 5.56 Å². The van der Waals surface area contributed by atoms with Crippen molar-refractivity contribution >= 4 is 23.2 Å². The van der Waals surface area contributed by atoms with Crippen LogP contribution < -0.4 is 0 Å². The SMILES string of the molecule is C#Cc1nc(C(=O)N(Cc2ccccc2)CC(CC)C(=O)O)cs1. The van der Waals surface area contributed by atoms with Crippen molar-refractivity contribution in [2.75, 3.05) is 6.54 Å². The van der Waals surface area contributed by atoms with Crippen molar-refractivity contribution in [2.24, 2.45) is 5.92 Å². The van der Waals surface area contributed by atoms with Crippen LogP contribution in [-0.4, -0.2) is 33.4 Å². The summed E-state index contributed by atoms with van der Waals surface area (Å²) in [5, 5.41) is 11.3. The molecular formula is C18H18N2O3S. The molecule has 1 heterocycles. The Kier molecular flexibility index (Phi) is 6.10. The number of carboxylic acid groups (broad SMARTS) is 1. The maximum absolute atomic E-state index is 12.8. The minimum Gasteiger partial charge on any atom is -0.481 e. The monoisotopic (exact) mass is 342 g/mol. The molecule has 0 aliphatic carbocycles. The standard InChI is InChI=1S/C18H18N2O3S/c1-3-14(18(22)23)11-20(10-13-8-6-5-7-9-13)17(21)15-12-24-16(4-2)19-15/h2,5-9,12,14H,3,10-11H2,1H3,(H,22,23). The van der Waals surface area contributed by atoms with E-state index in [1.165, 1.54) is 16.2 Å². The number of aliphatic carboxylic acids is 1. The molecule has 0 spiro atoms. The maximum Gasteiger partial charge on any atom is 0.308 e. The highest BCUT2D eigenvalue weighted by Gasteiger charge is 2.25. The Morgan fingerprint density at radius 1 is 1.38 bits per heavy atom. The zero-order valence-electron chi connectivity index (χ0n) is 13.3. The molecule has 1 N–H and O–H groups in total. The molecule has 0 saturated heterocycles. The summed E-state index contributed by atoms with van der Waals surface area (Å²) in [6.07, 6.45) is 5.75. The van der Waals surface area contributed by atoms with Crippen LogP contribution in [0.5, 0.6) is 0 Å². The highest BCUT2D eigenvalue weighted by Crippen LogP contribution is 2.16. The molecule has 0 radical (unpaired) electrons. The lowest BCUT2D eigenvalue weighted by molar-refractivity contribution is -0.142. The number of carbonyl (C=O) groups excluding carboxylic acids is 1. The van der Waals surface area contributed by atoms with E-state index in [-0.39, 0.29) is 18.1 Å². The van der Waals surface area contributed by atoms with Crippen molar-refractivity contribution < 1.29 is 14.7 Å². The van der Waals surface area contributed by atoms with E-state index in [0.29, 0.717) is 18.0 Å². The highest BCUT2D eigenvalue weighted by atomic mass is 32.1. The van der Waals surface area contributed by atoms with Crippen molar-refractivity contribution in [3.8, 4) is 12.3 Å². The number of terminal acetylenes is 1. The molecule has 1 aromatic carbocycles. The maximum atomic E-state index is 12.8. The van der Waals surface area contributed by atoms with Crippen LogP contribution in [0.1, 0.15) is 34.4 Å². The van der Waals surface area contributed by atoms with E-state index in [4.69, 9.17) is 6.42 Å². The second-order valence-electron chi connectivity index (χ2n) is 5.30. The Labute approximate surface area is 145 Å². The van der Waals surface area contributed by atoms with E-state index in [9.17, 15) is 14.7 Å². The van der Waals surface area contributed by atoms with Crippen LogP contribution >= 0.6 is 11.3 Å². The molecule has 0 saturated carbocycles. The fraction of sp³-hybridized carbons (Fsp3) is 0.278. The molecular weight excluding hydrogens is 324 g/mol. The van der Waals surface area contributed by atoms with Gasteiger partial charge in [0.15, 0.2) is 5.01 Å². The number of aromatic nitrogens is 1. The Balaban J connectivity index is 2.25. The molecule has 2 rings (SSSR count). The largest absolute Gasteiger partial charge is 0.481 e. The molecule has 0 aliphatic heterocycles. The number of hydrogen-bond donors (Lipinski definition) is 1. The lowest BCUT2D eigenvalue weighted by atomic mass is 10.1. The Bertz CT molecular complexity index is 749. The van der Waals surface area contributed by atoms with Gasteiger partial charge in [0.05, 0.1) is 5.92 Å².